The number of ketones is 1. The van der Waals surface area contributed by atoms with Gasteiger partial charge in [-0.3, -0.25) is 9.59 Å². The van der Waals surface area contributed by atoms with Crippen molar-refractivity contribution in [2.45, 2.75) is 111 Å². The highest BCUT2D eigenvalue weighted by molar-refractivity contribution is 6.61. The number of fused-ring (bicyclic) bond motifs is 1. The zero-order chi connectivity index (χ0) is 32.7. The van der Waals surface area contributed by atoms with Crippen LogP contribution < -0.4 is 15.5 Å². The van der Waals surface area contributed by atoms with E-state index in [-0.39, 0.29) is 60.1 Å². The van der Waals surface area contributed by atoms with Crippen LogP contribution in [0.25, 0.3) is 0 Å². The molecular weight excluding hydrogens is 580 g/mol. The minimum absolute atomic E-state index is 0.00174. The fourth-order valence-corrected chi connectivity index (χ4v) is 9.19. The number of ether oxygens (including phenoxy) is 2. The number of aliphatic hydroxyl groups is 1. The third-order valence-electron chi connectivity index (χ3n) is 12.2. The van der Waals surface area contributed by atoms with Crippen LogP contribution in [0.1, 0.15) is 98.0 Å². The Morgan fingerprint density at radius 2 is 1.98 bits per heavy atom. The fraction of sp³-hybridized carbons (Fsp3) is 0.735. The van der Waals surface area contributed by atoms with E-state index in [1.54, 1.807) is 6.07 Å². The molecule has 3 saturated carbocycles. The Bertz CT molecular complexity index is 1310. The minimum Gasteiger partial charge on any atom is -0.479 e. The molecule has 45 heavy (non-hydrogen) atoms. The van der Waals surface area contributed by atoms with Crippen LogP contribution in [0.3, 0.4) is 0 Å². The first-order valence-electron chi connectivity index (χ1n) is 16.7. The Kier molecular flexibility index (Phi) is 9.75. The number of carbonyl (C=O) groups excluding carboxylic acids is 3. The second kappa shape index (κ2) is 13.0. The molecule has 1 heterocycles. The third-order valence-corrected chi connectivity index (χ3v) is 12.2. The zero-order valence-corrected chi connectivity index (χ0v) is 27.3. The Hall–Kier alpha value is -2.50. The number of hydrogen-bond acceptors (Lipinski definition) is 8. The van der Waals surface area contributed by atoms with Crippen LogP contribution in [0, 0.1) is 39.8 Å². The van der Waals surface area contributed by atoms with E-state index >= 15 is 4.39 Å². The van der Waals surface area contributed by atoms with Crippen molar-refractivity contribution in [1.82, 2.24) is 5.32 Å². The molecule has 0 radical (unpaired) electrons. The molecule has 1 amide bonds. The summed E-state index contributed by atoms with van der Waals surface area (Å²) in [5.41, 5.74) is -1.41. The number of aliphatic hydroxyl groups excluding tert-OH is 1. The van der Waals surface area contributed by atoms with E-state index in [9.17, 15) is 24.5 Å². The Balaban J connectivity index is 1.42. The summed E-state index contributed by atoms with van der Waals surface area (Å²) >= 11 is 0. The molecule has 1 aromatic carbocycles. The van der Waals surface area contributed by atoms with Crippen LogP contribution in [-0.2, 0) is 30.4 Å². The first-order chi connectivity index (χ1) is 21.3. The lowest BCUT2D eigenvalue weighted by Gasteiger charge is -2.62. The standard InChI is InChI=1S/C34H49BFNO8/c1-6-7-16-37-26(39)12-13-32(4)17-25(45-27(40)19-43-24-9-8-22-18-44-35(42)28(22)29(24)36)33(5)20(2)10-14-34(21(3)31(32)41)15-11-23(38)30(33)34/h8-9,20-21,25,30-31,41-42H,6-7,10-19H2,1-5H3,(H,37,39)/t20-,21-,25+,30-,31-,32+,33-,34-/m0/s1. The van der Waals surface area contributed by atoms with Gasteiger partial charge in [0.05, 0.1) is 12.7 Å². The SMILES string of the molecule is CCCCNC(=O)CC[C@]1(C)C[C@@H](OC(=O)COc2ccc3c(c2F)B(O)OC3)[C@@]2(C)[C@@H]3C(=O)CC[C@@]3(CC[C@@H]2C)[C@@H](C)[C@@H]1O. The van der Waals surface area contributed by atoms with Gasteiger partial charge in [-0.1, -0.05) is 47.1 Å². The van der Waals surface area contributed by atoms with E-state index in [2.05, 4.69) is 33.0 Å². The molecule has 3 aliphatic carbocycles. The Morgan fingerprint density at radius 1 is 1.22 bits per heavy atom. The molecule has 0 saturated heterocycles. The summed E-state index contributed by atoms with van der Waals surface area (Å²) < 4.78 is 32.0. The normalized spacial score (nSPS) is 35.7. The van der Waals surface area contributed by atoms with Crippen molar-refractivity contribution >= 4 is 30.2 Å². The smallest absolute Gasteiger partial charge is 0.479 e. The summed E-state index contributed by atoms with van der Waals surface area (Å²) in [6.07, 6.45) is 3.94. The van der Waals surface area contributed by atoms with Gasteiger partial charge in [-0.25, -0.2) is 9.18 Å². The molecule has 1 aromatic rings. The van der Waals surface area contributed by atoms with Gasteiger partial charge in [0.25, 0.3) is 0 Å². The lowest BCUT2D eigenvalue weighted by molar-refractivity contribution is -0.213. The van der Waals surface area contributed by atoms with Gasteiger partial charge in [-0.05, 0) is 72.8 Å². The van der Waals surface area contributed by atoms with Crippen LogP contribution in [0.4, 0.5) is 4.39 Å². The molecule has 0 aromatic heterocycles. The lowest BCUT2D eigenvalue weighted by atomic mass is 9.43. The molecular formula is C34H49BFNO8. The minimum atomic E-state index is -1.40. The topological polar surface area (TPSA) is 131 Å². The predicted molar refractivity (Wildman–Crippen MR) is 166 cm³/mol. The highest BCUT2D eigenvalue weighted by Gasteiger charge is 2.68. The highest BCUT2D eigenvalue weighted by Crippen LogP contribution is 2.68. The average molecular weight is 630 g/mol. The van der Waals surface area contributed by atoms with Gasteiger partial charge in [-0.2, -0.15) is 0 Å². The molecule has 3 fully saturated rings. The van der Waals surface area contributed by atoms with Crippen LogP contribution >= 0.6 is 0 Å². The van der Waals surface area contributed by atoms with Gasteiger partial charge >= 0.3 is 13.1 Å². The number of nitrogens with one attached hydrogen (secondary N) is 1. The molecule has 0 unspecified atom stereocenters. The van der Waals surface area contributed by atoms with Crippen molar-refractivity contribution in [2.24, 2.45) is 34.0 Å². The number of esters is 1. The quantitative estimate of drug-likeness (QED) is 0.202. The Labute approximate surface area is 266 Å². The lowest BCUT2D eigenvalue weighted by Crippen LogP contribution is -2.63. The first-order valence-corrected chi connectivity index (χ1v) is 16.7. The summed E-state index contributed by atoms with van der Waals surface area (Å²) in [4.78, 5) is 40.0. The number of rotatable bonds is 10. The number of halogens is 1. The van der Waals surface area contributed by atoms with Crippen molar-refractivity contribution in [1.29, 1.82) is 0 Å². The second-order valence-corrected chi connectivity index (χ2v) is 14.6. The molecule has 11 heteroatoms. The zero-order valence-electron chi connectivity index (χ0n) is 27.3. The predicted octanol–water partition coefficient (Wildman–Crippen LogP) is 3.84. The van der Waals surface area contributed by atoms with Crippen LogP contribution in [0.2, 0.25) is 0 Å². The van der Waals surface area contributed by atoms with Crippen molar-refractivity contribution in [3.63, 3.8) is 0 Å². The van der Waals surface area contributed by atoms with E-state index in [0.717, 1.165) is 25.7 Å². The number of Topliss-reactive ketones (excluding diaryl/α,β-unsaturated/α-hetero) is 1. The number of amides is 1. The van der Waals surface area contributed by atoms with Gasteiger partial charge in [0.15, 0.2) is 18.2 Å². The van der Waals surface area contributed by atoms with Crippen molar-refractivity contribution in [2.75, 3.05) is 13.2 Å². The van der Waals surface area contributed by atoms with Crippen LogP contribution in [0.5, 0.6) is 5.75 Å². The van der Waals surface area contributed by atoms with Crippen molar-refractivity contribution in [3.8, 4) is 5.75 Å². The van der Waals surface area contributed by atoms with E-state index in [1.807, 2.05) is 6.92 Å². The molecule has 8 atom stereocenters. The second-order valence-electron chi connectivity index (χ2n) is 14.6. The van der Waals surface area contributed by atoms with E-state index in [4.69, 9.17) is 14.1 Å². The molecule has 3 N–H and O–H groups in total. The van der Waals surface area contributed by atoms with E-state index < -0.39 is 54.0 Å². The number of hydrogen-bond donors (Lipinski definition) is 3. The number of unbranched alkanes of at least 4 members (excludes halogenated alkanes) is 1. The van der Waals surface area contributed by atoms with Gasteiger partial charge in [0.1, 0.15) is 11.9 Å². The van der Waals surface area contributed by atoms with Crippen molar-refractivity contribution < 1.29 is 43.0 Å². The first kappa shape index (κ1) is 33.9. The van der Waals surface area contributed by atoms with Gasteiger partial charge in [-0.15, -0.1) is 0 Å². The monoisotopic (exact) mass is 629 g/mol. The van der Waals surface area contributed by atoms with E-state index in [0.29, 0.717) is 31.4 Å². The number of benzene rings is 1. The molecule has 248 valence electrons. The van der Waals surface area contributed by atoms with Gasteiger partial charge < -0.3 is 29.6 Å². The van der Waals surface area contributed by atoms with Crippen LogP contribution in [0.15, 0.2) is 12.1 Å². The molecule has 5 rings (SSSR count). The van der Waals surface area contributed by atoms with Gasteiger partial charge in [0, 0.05) is 36.2 Å². The molecule has 0 spiro atoms. The summed E-state index contributed by atoms with van der Waals surface area (Å²) in [7, 11) is -1.40. The summed E-state index contributed by atoms with van der Waals surface area (Å²) in [6, 6.07) is 2.99. The maximum absolute atomic E-state index is 15.1. The van der Waals surface area contributed by atoms with Gasteiger partial charge in [0.2, 0.25) is 5.91 Å². The Morgan fingerprint density at radius 3 is 2.71 bits per heavy atom. The van der Waals surface area contributed by atoms with Crippen LogP contribution in [-0.4, -0.2) is 60.3 Å². The van der Waals surface area contributed by atoms with Crippen molar-refractivity contribution in [3.05, 3.63) is 23.5 Å². The summed E-state index contributed by atoms with van der Waals surface area (Å²) in [6.45, 7) is 10.4. The highest BCUT2D eigenvalue weighted by atomic mass is 19.1. The molecule has 9 nitrogen and oxygen atoms in total. The van der Waals surface area contributed by atoms with E-state index in [1.165, 1.54) is 6.07 Å². The fourth-order valence-electron chi connectivity index (χ4n) is 9.19. The summed E-state index contributed by atoms with van der Waals surface area (Å²) in [5.74, 6) is -2.13. The maximum Gasteiger partial charge on any atom is 0.494 e. The molecule has 1 aliphatic heterocycles. The molecule has 2 bridgehead atoms. The maximum atomic E-state index is 15.1. The number of carbonyl (C=O) groups is 3. The average Bonchev–Trinajstić information content (AvgIpc) is 3.57. The third kappa shape index (κ3) is 5.93. The molecule has 4 aliphatic rings. The summed E-state index contributed by atoms with van der Waals surface area (Å²) in [5, 5.41) is 25.0. The largest absolute Gasteiger partial charge is 0.494 e.